The number of likely N-dealkylation sites (tertiary alicyclic amines) is 1. The molecule has 0 aromatic carbocycles. The van der Waals surface area contributed by atoms with Crippen LogP contribution < -0.4 is 5.32 Å². The zero-order chi connectivity index (χ0) is 14.8. The molecule has 2 fully saturated rings. The summed E-state index contributed by atoms with van der Waals surface area (Å²) < 4.78 is 10.2. The molecule has 21 heavy (non-hydrogen) atoms. The van der Waals surface area contributed by atoms with Gasteiger partial charge in [0, 0.05) is 12.6 Å². The zero-order valence-electron chi connectivity index (χ0n) is 12.8. The Morgan fingerprint density at radius 3 is 3.00 bits per heavy atom. The zero-order valence-corrected chi connectivity index (χ0v) is 12.8. The molecule has 5 nitrogen and oxygen atoms in total. The van der Waals surface area contributed by atoms with Crippen LogP contribution in [0.2, 0.25) is 0 Å². The van der Waals surface area contributed by atoms with E-state index >= 15 is 0 Å². The maximum atomic E-state index is 11.4. The van der Waals surface area contributed by atoms with Gasteiger partial charge in [-0.3, -0.25) is 0 Å². The Morgan fingerprint density at radius 1 is 1.48 bits per heavy atom. The molecule has 5 heteroatoms. The first-order valence-electron chi connectivity index (χ1n) is 7.83. The van der Waals surface area contributed by atoms with Crippen LogP contribution in [-0.2, 0) is 4.74 Å². The number of nitrogens with zero attached hydrogens (tertiary/aromatic N) is 1. The van der Waals surface area contributed by atoms with E-state index in [4.69, 9.17) is 4.42 Å². The van der Waals surface area contributed by atoms with Gasteiger partial charge in [0.05, 0.1) is 13.2 Å². The number of methoxy groups -OCH3 is 1. The molecule has 1 aliphatic carbocycles. The number of carbonyl (C=O) groups is 1. The van der Waals surface area contributed by atoms with Crippen molar-refractivity contribution in [3.8, 4) is 0 Å². The van der Waals surface area contributed by atoms with Gasteiger partial charge in [0.25, 0.3) is 0 Å². The van der Waals surface area contributed by atoms with Gasteiger partial charge < -0.3 is 19.4 Å². The normalized spacial score (nSPS) is 24.2. The van der Waals surface area contributed by atoms with Gasteiger partial charge in [-0.25, -0.2) is 4.79 Å². The summed E-state index contributed by atoms with van der Waals surface area (Å²) in [5.74, 6) is 1.35. The van der Waals surface area contributed by atoms with E-state index in [1.54, 1.807) is 6.07 Å². The van der Waals surface area contributed by atoms with Crippen molar-refractivity contribution in [3.05, 3.63) is 23.7 Å². The van der Waals surface area contributed by atoms with E-state index in [0.717, 1.165) is 24.3 Å². The summed E-state index contributed by atoms with van der Waals surface area (Å²) in [6.07, 6.45) is 4.06. The molecule has 2 unspecified atom stereocenters. The van der Waals surface area contributed by atoms with Crippen molar-refractivity contribution in [2.75, 3.05) is 26.7 Å². The Bertz CT molecular complexity index is 495. The smallest absolute Gasteiger partial charge is 0.373 e. The first-order chi connectivity index (χ1) is 10.2. The van der Waals surface area contributed by atoms with E-state index in [2.05, 4.69) is 21.9 Å². The Morgan fingerprint density at radius 2 is 2.29 bits per heavy atom. The van der Waals surface area contributed by atoms with Crippen molar-refractivity contribution in [1.29, 1.82) is 0 Å². The molecule has 1 aliphatic heterocycles. The second-order valence-electron chi connectivity index (χ2n) is 6.20. The number of esters is 1. The molecule has 0 bridgehead atoms. The fraction of sp³-hybridized carbons (Fsp3) is 0.688. The number of ether oxygens (including phenoxy) is 1. The summed E-state index contributed by atoms with van der Waals surface area (Å²) in [5, 5.41) is 3.52. The predicted molar refractivity (Wildman–Crippen MR) is 79.2 cm³/mol. The van der Waals surface area contributed by atoms with Gasteiger partial charge in [0.15, 0.2) is 0 Å². The molecule has 0 amide bonds. The molecular formula is C16H24N2O3. The number of hydrogen-bond acceptors (Lipinski definition) is 5. The minimum Gasteiger partial charge on any atom is -0.463 e. The number of rotatable bonds is 6. The van der Waals surface area contributed by atoms with E-state index in [9.17, 15) is 4.79 Å². The third kappa shape index (κ3) is 3.47. The second kappa shape index (κ2) is 6.20. The largest absolute Gasteiger partial charge is 0.463 e. The Balaban J connectivity index is 1.46. The van der Waals surface area contributed by atoms with Crippen molar-refractivity contribution in [3.63, 3.8) is 0 Å². The third-order valence-electron chi connectivity index (χ3n) is 4.53. The van der Waals surface area contributed by atoms with Crippen molar-refractivity contribution >= 4 is 5.97 Å². The minimum atomic E-state index is -0.427. The maximum Gasteiger partial charge on any atom is 0.373 e. The van der Waals surface area contributed by atoms with Gasteiger partial charge in [-0.2, -0.15) is 0 Å². The molecular weight excluding hydrogens is 268 g/mol. The third-order valence-corrected chi connectivity index (χ3v) is 4.53. The highest BCUT2D eigenvalue weighted by Gasteiger charge is 2.34. The molecule has 116 valence electrons. The van der Waals surface area contributed by atoms with Crippen molar-refractivity contribution in [2.45, 2.75) is 38.3 Å². The van der Waals surface area contributed by atoms with Crippen LogP contribution >= 0.6 is 0 Å². The van der Waals surface area contributed by atoms with Crippen LogP contribution in [0.5, 0.6) is 0 Å². The van der Waals surface area contributed by atoms with E-state index in [0.29, 0.717) is 0 Å². The van der Waals surface area contributed by atoms with Crippen LogP contribution in [0.15, 0.2) is 16.5 Å². The van der Waals surface area contributed by atoms with E-state index in [1.807, 2.05) is 6.07 Å². The molecule has 2 heterocycles. The van der Waals surface area contributed by atoms with Crippen LogP contribution in [0.3, 0.4) is 0 Å². The quantitative estimate of drug-likeness (QED) is 0.815. The summed E-state index contributed by atoms with van der Waals surface area (Å²) in [5.41, 5.74) is 0. The monoisotopic (exact) mass is 292 g/mol. The van der Waals surface area contributed by atoms with Crippen molar-refractivity contribution in [1.82, 2.24) is 10.2 Å². The van der Waals surface area contributed by atoms with Crippen LogP contribution in [0.4, 0.5) is 0 Å². The van der Waals surface area contributed by atoms with Crippen molar-refractivity contribution < 1.29 is 13.9 Å². The molecule has 1 saturated carbocycles. The lowest BCUT2D eigenvalue weighted by Crippen LogP contribution is -2.29. The number of carbonyl (C=O) groups excluding carboxylic acids is 1. The number of hydrogen-bond donors (Lipinski definition) is 1. The number of furan rings is 1. The predicted octanol–water partition coefficient (Wildman–Crippen LogP) is 2.20. The molecule has 1 aromatic rings. The van der Waals surface area contributed by atoms with Gasteiger partial charge in [0.2, 0.25) is 5.76 Å². The number of nitrogens with one attached hydrogen (secondary N) is 1. The highest BCUT2D eigenvalue weighted by Crippen LogP contribution is 2.31. The fourth-order valence-corrected chi connectivity index (χ4v) is 3.04. The van der Waals surface area contributed by atoms with Gasteiger partial charge in [-0.15, -0.1) is 0 Å². The van der Waals surface area contributed by atoms with Crippen LogP contribution in [0.1, 0.15) is 48.5 Å². The van der Waals surface area contributed by atoms with Gasteiger partial charge in [0.1, 0.15) is 5.76 Å². The highest BCUT2D eigenvalue weighted by molar-refractivity contribution is 5.86. The second-order valence-corrected chi connectivity index (χ2v) is 6.20. The minimum absolute atomic E-state index is 0.110. The van der Waals surface area contributed by atoms with Crippen molar-refractivity contribution in [2.24, 2.45) is 5.92 Å². The topological polar surface area (TPSA) is 54.7 Å². The Labute approximate surface area is 125 Å². The summed E-state index contributed by atoms with van der Waals surface area (Å²) in [7, 11) is 1.36. The van der Waals surface area contributed by atoms with Crippen LogP contribution in [-0.4, -0.2) is 43.7 Å². The summed E-state index contributed by atoms with van der Waals surface area (Å²) in [4.78, 5) is 14.0. The lowest BCUT2D eigenvalue weighted by molar-refractivity contribution is 0.0562. The van der Waals surface area contributed by atoms with Gasteiger partial charge in [-0.1, -0.05) is 0 Å². The highest BCUT2D eigenvalue weighted by atomic mass is 16.5. The van der Waals surface area contributed by atoms with E-state index in [1.165, 1.54) is 39.5 Å². The molecule has 3 rings (SSSR count). The average molecular weight is 292 g/mol. The molecule has 1 saturated heterocycles. The average Bonchev–Trinajstić information content (AvgIpc) is 3.05. The molecule has 0 radical (unpaired) electrons. The molecule has 0 spiro atoms. The maximum absolute atomic E-state index is 11.4. The lowest BCUT2D eigenvalue weighted by Gasteiger charge is -2.17. The SMILES string of the molecule is COC(=O)c1ccc(C(C)NCC2CCN(C3CC3)C2)o1. The molecule has 2 atom stereocenters. The van der Waals surface area contributed by atoms with Gasteiger partial charge in [-0.05, 0) is 57.3 Å². The lowest BCUT2D eigenvalue weighted by atomic mass is 10.1. The fourth-order valence-electron chi connectivity index (χ4n) is 3.04. The summed E-state index contributed by atoms with van der Waals surface area (Å²) in [6, 6.07) is 4.50. The molecule has 1 aromatic heterocycles. The van der Waals surface area contributed by atoms with Crippen LogP contribution in [0.25, 0.3) is 0 Å². The first-order valence-corrected chi connectivity index (χ1v) is 7.83. The molecule has 2 aliphatic rings. The molecule has 1 N–H and O–H groups in total. The van der Waals surface area contributed by atoms with Crippen LogP contribution in [0, 0.1) is 5.92 Å². The first kappa shape index (κ1) is 14.6. The summed E-state index contributed by atoms with van der Waals surface area (Å²) in [6.45, 7) is 5.53. The summed E-state index contributed by atoms with van der Waals surface area (Å²) >= 11 is 0. The van der Waals surface area contributed by atoms with E-state index < -0.39 is 5.97 Å². The Kier molecular flexibility index (Phi) is 4.31. The van der Waals surface area contributed by atoms with E-state index in [-0.39, 0.29) is 11.8 Å². The van der Waals surface area contributed by atoms with Gasteiger partial charge >= 0.3 is 5.97 Å². The standard InChI is InChI=1S/C16H24N2O3/c1-11(14-5-6-15(21-14)16(19)20-2)17-9-12-7-8-18(10-12)13-3-4-13/h5-6,11-13,17H,3-4,7-10H2,1-2H3. The Hall–Kier alpha value is -1.33.